The van der Waals surface area contributed by atoms with Gasteiger partial charge in [-0.1, -0.05) is 35.3 Å². The number of amides is 2. The van der Waals surface area contributed by atoms with E-state index in [1.54, 1.807) is 36.9 Å². The summed E-state index contributed by atoms with van der Waals surface area (Å²) in [6.07, 6.45) is 8.85. The average molecular weight is 1090 g/mol. The number of carbonyl (C=O) groups excluding carboxylic acids is 2. The van der Waals surface area contributed by atoms with E-state index in [-0.39, 0.29) is 95.7 Å². The first kappa shape index (κ1) is 57.4. The van der Waals surface area contributed by atoms with Crippen molar-refractivity contribution >= 4 is 76.3 Å². The number of pyridine rings is 2. The van der Waals surface area contributed by atoms with Crippen molar-refractivity contribution in [2.24, 2.45) is 5.73 Å². The summed E-state index contributed by atoms with van der Waals surface area (Å²) in [5.74, 6) is -2.41. The van der Waals surface area contributed by atoms with Gasteiger partial charge in [-0.25, -0.2) is 37.5 Å². The molecule has 0 radical (unpaired) electrons. The zero-order chi connectivity index (χ0) is 48.6. The number of anilines is 3. The van der Waals surface area contributed by atoms with Crippen LogP contribution in [0.1, 0.15) is 67.9 Å². The Kier molecular flexibility index (Phi) is 21.1. The smallest absolute Gasteiger partial charge is 1.00 e. The number of nitrogens with zero attached hydrogens (tertiary/aromatic N) is 6. The van der Waals surface area contributed by atoms with Gasteiger partial charge >= 0.3 is 51.4 Å². The number of rotatable bonds is 8. The zero-order valence-corrected chi connectivity index (χ0v) is 43.9. The number of hydrogen-bond donors (Lipinski definition) is 4. The Labute approximate surface area is 473 Å². The molecule has 72 heavy (non-hydrogen) atoms. The predicted octanol–water partition coefficient (Wildman–Crippen LogP) is 6.26. The molecule has 4 aromatic heterocycles. The molecule has 22 heteroatoms. The zero-order valence-electron chi connectivity index (χ0n) is 37.7. The fraction of sp³-hybridized carbons (Fsp3) is 0.120. The van der Waals surface area contributed by atoms with Gasteiger partial charge in [0.25, 0.3) is 11.8 Å². The molecule has 8 aromatic rings. The van der Waals surface area contributed by atoms with Gasteiger partial charge in [0.15, 0.2) is 0 Å². The van der Waals surface area contributed by atoms with Crippen LogP contribution in [0.25, 0.3) is 22.8 Å². The van der Waals surface area contributed by atoms with Crippen molar-refractivity contribution in [1.82, 2.24) is 29.9 Å². The fourth-order valence-corrected chi connectivity index (χ4v) is 8.32. The van der Waals surface area contributed by atoms with Crippen molar-refractivity contribution < 1.29 is 83.2 Å². The minimum atomic E-state index is -0.578. The molecular weight excluding hydrogens is 1050 g/mol. The van der Waals surface area contributed by atoms with E-state index in [4.69, 9.17) is 40.5 Å². The monoisotopic (exact) mass is 1080 g/mol. The first-order valence-corrected chi connectivity index (χ1v) is 22.3. The van der Waals surface area contributed by atoms with Gasteiger partial charge in [-0.2, -0.15) is 0 Å². The second-order valence-corrected chi connectivity index (χ2v) is 16.6. The van der Waals surface area contributed by atoms with Gasteiger partial charge in [-0.15, -0.1) is 12.4 Å². The molecule has 0 unspecified atom stereocenters. The largest absolute Gasteiger partial charge is 1.00 e. The van der Waals surface area contributed by atoms with E-state index in [9.17, 15) is 27.2 Å². The van der Waals surface area contributed by atoms with Crippen LogP contribution >= 0.6 is 47.2 Å². The van der Waals surface area contributed by atoms with Crippen LogP contribution < -0.4 is 77.8 Å². The minimum Gasteiger partial charge on any atom is -1.00 e. The van der Waals surface area contributed by atoms with E-state index in [2.05, 4.69) is 45.9 Å². The standard InChI is InChI=1S/C25H18ClF2N5O.C16H13ClF2N2O.C9H6ClN3.ClH.FH.K/c26-17-13-14(4-7-18(17)27)31-24(34)16-5-8-19(28)23-15(16)6-9-22(23)33-25-30-12-10-21(32-25)20-3-1-2-11-29-20;17-11-7-8(1-4-12(11)18)21-16(22)10-2-5-13(19)15-9(10)3-6-14(15)20;10-9-12-6-4-8(13-9)7-3-1-2-5-11-7;;;/h1-5,7-8,10-13,22H,6,9H2,(H,31,34)(H,30,32,33);1-2,4-5,7,14H,3,6,20H2,(H,21,22);1-6H;2*1H;/q;;;;;+1/p-1/t22-;14-;;;;/m00..../s1. The van der Waals surface area contributed by atoms with Gasteiger partial charge < -0.3 is 26.4 Å². The fourth-order valence-electron chi connectivity index (χ4n) is 7.81. The van der Waals surface area contributed by atoms with E-state index < -0.39 is 35.3 Å². The summed E-state index contributed by atoms with van der Waals surface area (Å²) < 4.78 is 55.3. The Hall–Kier alpha value is -5.51. The van der Waals surface area contributed by atoms with Crippen LogP contribution in [0.15, 0.2) is 134 Å². The maximum Gasteiger partial charge on any atom is 1.00 e. The van der Waals surface area contributed by atoms with E-state index in [0.29, 0.717) is 87.8 Å². The summed E-state index contributed by atoms with van der Waals surface area (Å²) in [5.41, 5.74) is 12.3. The summed E-state index contributed by atoms with van der Waals surface area (Å²) in [4.78, 5) is 50.3. The average Bonchev–Trinajstić information content (AvgIpc) is 3.97. The van der Waals surface area contributed by atoms with Crippen molar-refractivity contribution in [3.63, 3.8) is 0 Å². The second kappa shape index (κ2) is 26.4. The Bertz CT molecular complexity index is 3190. The number of hydrogen-bond acceptors (Lipinski definition) is 10. The molecule has 2 aliphatic carbocycles. The first-order chi connectivity index (χ1) is 33.3. The summed E-state index contributed by atoms with van der Waals surface area (Å²) in [6, 6.07) is 27.1. The van der Waals surface area contributed by atoms with E-state index in [1.807, 2.05) is 36.4 Å². The maximum atomic E-state index is 14.9. The van der Waals surface area contributed by atoms with E-state index >= 15 is 0 Å². The summed E-state index contributed by atoms with van der Waals surface area (Å²) in [5, 5.41) is 8.60. The third-order valence-corrected chi connectivity index (χ3v) is 11.8. The number of nitrogens with two attached hydrogens (primary N) is 1. The van der Waals surface area contributed by atoms with Gasteiger partial charge in [0.1, 0.15) is 23.3 Å². The maximum absolute atomic E-state index is 14.9. The molecule has 5 N–H and O–H groups in total. The second-order valence-electron chi connectivity index (χ2n) is 15.4. The molecule has 4 heterocycles. The molecule has 364 valence electrons. The van der Waals surface area contributed by atoms with Gasteiger partial charge in [-0.3, -0.25) is 19.6 Å². The van der Waals surface area contributed by atoms with Crippen LogP contribution in [-0.2, 0) is 12.8 Å². The van der Waals surface area contributed by atoms with Crippen LogP contribution in [0.5, 0.6) is 0 Å². The molecule has 0 saturated heterocycles. The number of fused-ring (bicyclic) bond motifs is 2. The van der Waals surface area contributed by atoms with Crippen molar-refractivity contribution in [2.75, 3.05) is 16.0 Å². The molecule has 0 spiro atoms. The number of carbonyl (C=O) groups is 2. The Morgan fingerprint density at radius 3 is 1.56 bits per heavy atom. The third-order valence-electron chi connectivity index (χ3n) is 11.0. The molecule has 2 amide bonds. The van der Waals surface area contributed by atoms with Crippen LogP contribution in [0.2, 0.25) is 15.3 Å². The minimum absolute atomic E-state index is 0. The summed E-state index contributed by atoms with van der Waals surface area (Å²) >= 11 is 17.1. The Morgan fingerprint density at radius 2 is 1.04 bits per heavy atom. The molecule has 0 bridgehead atoms. The van der Waals surface area contributed by atoms with Crippen molar-refractivity contribution in [2.45, 2.75) is 37.8 Å². The van der Waals surface area contributed by atoms with Crippen LogP contribution in [0, 0.1) is 23.3 Å². The van der Waals surface area contributed by atoms with Crippen molar-refractivity contribution in [3.8, 4) is 22.8 Å². The number of halogens is 9. The van der Waals surface area contributed by atoms with Crippen molar-refractivity contribution in [3.05, 3.63) is 206 Å². The molecule has 12 nitrogen and oxygen atoms in total. The number of aromatic nitrogens is 6. The van der Waals surface area contributed by atoms with E-state index in [0.717, 1.165) is 11.4 Å². The van der Waals surface area contributed by atoms with E-state index in [1.165, 1.54) is 60.7 Å². The summed E-state index contributed by atoms with van der Waals surface area (Å²) in [7, 11) is 0. The van der Waals surface area contributed by atoms with Gasteiger partial charge in [0, 0.05) is 64.5 Å². The number of nitrogens with one attached hydrogen (secondary N) is 3. The topological polar surface area (TPSA) is 174 Å². The Balaban J connectivity index is 0.000000218. The quantitative estimate of drug-likeness (QED) is 0.0774. The van der Waals surface area contributed by atoms with Crippen molar-refractivity contribution in [1.29, 1.82) is 0 Å². The molecule has 0 fully saturated rings. The molecule has 0 saturated carbocycles. The molecule has 2 aliphatic rings. The third kappa shape index (κ3) is 14.0. The van der Waals surface area contributed by atoms with Gasteiger partial charge in [-0.05, 0) is 145 Å². The van der Waals surface area contributed by atoms with Crippen LogP contribution in [0.4, 0.5) is 34.9 Å². The molecule has 0 aliphatic heterocycles. The van der Waals surface area contributed by atoms with Crippen LogP contribution in [0.3, 0.4) is 0 Å². The van der Waals surface area contributed by atoms with Gasteiger partial charge in [0.2, 0.25) is 11.2 Å². The normalized spacial score (nSPS) is 13.7. The molecule has 10 rings (SSSR count). The molecule has 2 atom stereocenters. The summed E-state index contributed by atoms with van der Waals surface area (Å²) in [6.45, 7) is 0. The number of benzene rings is 4. The molecular formula is C50H38Cl4F5KN10O2. The molecule has 4 aromatic carbocycles. The Morgan fingerprint density at radius 1 is 0.556 bits per heavy atom. The predicted molar refractivity (Wildman–Crippen MR) is 264 cm³/mol. The van der Waals surface area contributed by atoms with Gasteiger partial charge in [0.05, 0.1) is 38.9 Å². The van der Waals surface area contributed by atoms with Crippen LogP contribution in [-0.4, -0.2) is 41.7 Å². The first-order valence-electron chi connectivity index (χ1n) is 21.1. The SMILES string of the molecule is Cl.Clc1nccc(-c2ccccn2)n1.N[C@H]1CCc2c(C(=O)Nc3ccc(F)c(Cl)c3)ccc(F)c21.O=C(Nc1ccc(F)c(Cl)c1)c1ccc(F)c2c1CC[C@@H]2Nc1nccc(-c2ccccn2)n1.[F-].[K+].